The van der Waals surface area contributed by atoms with E-state index in [1.807, 2.05) is 24.3 Å². The molecule has 0 amide bonds. The number of aromatic nitrogens is 1. The van der Waals surface area contributed by atoms with Gasteiger partial charge in [-0.3, -0.25) is 4.79 Å². The highest BCUT2D eigenvalue weighted by Crippen LogP contribution is 2.27. The number of anilines is 2. The van der Waals surface area contributed by atoms with E-state index in [9.17, 15) is 4.79 Å². The fourth-order valence-electron chi connectivity index (χ4n) is 1.85. The average molecular weight is 245 g/mol. The second-order valence-electron chi connectivity index (χ2n) is 4.01. The fourth-order valence-corrected chi connectivity index (χ4v) is 1.85. The Labute approximate surface area is 105 Å². The Hall–Kier alpha value is -2.30. The third-order valence-electron chi connectivity index (χ3n) is 2.77. The summed E-state index contributed by atoms with van der Waals surface area (Å²) in [5, 5.41) is 1.85. The molecule has 0 unspecified atom stereocenters. The van der Waals surface area contributed by atoms with Crippen molar-refractivity contribution in [1.82, 2.24) is 4.98 Å². The Morgan fingerprint density at radius 2 is 2.17 bits per heavy atom. The van der Waals surface area contributed by atoms with E-state index in [0.29, 0.717) is 11.5 Å². The molecule has 0 fully saturated rings. The number of nitrogens with zero attached hydrogens (tertiary/aromatic N) is 2. The highest BCUT2D eigenvalue weighted by molar-refractivity contribution is 5.99. The first-order valence-corrected chi connectivity index (χ1v) is 5.54. The van der Waals surface area contributed by atoms with E-state index in [0.717, 1.165) is 10.8 Å². The summed E-state index contributed by atoms with van der Waals surface area (Å²) in [6, 6.07) is 7.50. The molecule has 2 rings (SSSR count). The zero-order valence-corrected chi connectivity index (χ0v) is 10.4. The van der Waals surface area contributed by atoms with E-state index in [2.05, 4.69) is 9.72 Å². The van der Waals surface area contributed by atoms with Gasteiger partial charge >= 0.3 is 5.97 Å². The third-order valence-corrected chi connectivity index (χ3v) is 2.77. The average Bonchev–Trinajstić information content (AvgIpc) is 2.38. The third kappa shape index (κ3) is 2.20. The highest BCUT2D eigenvalue weighted by Gasteiger charge is 2.12. The number of ether oxygens (including phenoxy) is 1. The number of hydrogen-bond donors (Lipinski definition) is 1. The maximum Gasteiger partial charge on any atom is 0.325 e. The van der Waals surface area contributed by atoms with Gasteiger partial charge in [0.2, 0.25) is 0 Å². The Morgan fingerprint density at radius 3 is 2.89 bits per heavy atom. The molecule has 0 bridgehead atoms. The van der Waals surface area contributed by atoms with Crippen LogP contribution < -0.4 is 10.6 Å². The summed E-state index contributed by atoms with van der Waals surface area (Å²) in [4.78, 5) is 17.3. The Morgan fingerprint density at radius 1 is 1.39 bits per heavy atom. The van der Waals surface area contributed by atoms with Crippen molar-refractivity contribution in [1.29, 1.82) is 0 Å². The lowest BCUT2D eigenvalue weighted by Crippen LogP contribution is -2.27. The first-order valence-electron chi connectivity index (χ1n) is 5.54. The Kier molecular flexibility index (Phi) is 3.32. The topological polar surface area (TPSA) is 68.5 Å². The van der Waals surface area contributed by atoms with Crippen molar-refractivity contribution in [3.05, 3.63) is 30.5 Å². The molecule has 94 valence electrons. The minimum absolute atomic E-state index is 0.150. The Balaban J connectivity index is 2.45. The number of esters is 1. The summed E-state index contributed by atoms with van der Waals surface area (Å²) in [5.74, 6) is 0.408. The number of carbonyl (C=O) groups excluding carboxylic acids is 1. The van der Waals surface area contributed by atoms with Crippen molar-refractivity contribution in [2.45, 2.75) is 0 Å². The van der Waals surface area contributed by atoms with Crippen LogP contribution in [0.5, 0.6) is 0 Å². The normalized spacial score (nSPS) is 10.3. The number of pyridine rings is 1. The molecule has 1 aromatic carbocycles. The monoisotopic (exact) mass is 245 g/mol. The Bertz CT molecular complexity index is 583. The molecular weight excluding hydrogens is 230 g/mol. The molecule has 2 aromatic rings. The molecule has 5 nitrogen and oxygen atoms in total. The van der Waals surface area contributed by atoms with Crippen molar-refractivity contribution in [2.24, 2.45) is 0 Å². The van der Waals surface area contributed by atoms with Crippen LogP contribution in [0.1, 0.15) is 0 Å². The zero-order chi connectivity index (χ0) is 13.1. The van der Waals surface area contributed by atoms with Crippen molar-refractivity contribution < 1.29 is 9.53 Å². The molecular formula is C13H15N3O2. The molecule has 2 N–H and O–H groups in total. The van der Waals surface area contributed by atoms with Crippen LogP contribution in [0, 0.1) is 0 Å². The van der Waals surface area contributed by atoms with Crippen molar-refractivity contribution in [2.75, 3.05) is 31.3 Å². The van der Waals surface area contributed by atoms with Gasteiger partial charge in [0.1, 0.15) is 12.4 Å². The number of carbonyl (C=O) groups is 1. The summed E-state index contributed by atoms with van der Waals surface area (Å²) in [5.41, 5.74) is 6.61. The number of benzene rings is 1. The number of nitrogens with two attached hydrogens (primary N) is 1. The molecule has 0 spiro atoms. The van der Waals surface area contributed by atoms with Gasteiger partial charge in [0.15, 0.2) is 0 Å². The maximum atomic E-state index is 11.3. The van der Waals surface area contributed by atoms with Crippen LogP contribution >= 0.6 is 0 Å². The van der Waals surface area contributed by atoms with E-state index in [-0.39, 0.29) is 12.5 Å². The molecule has 1 heterocycles. The lowest BCUT2D eigenvalue weighted by atomic mass is 10.1. The van der Waals surface area contributed by atoms with Crippen molar-refractivity contribution in [3.8, 4) is 0 Å². The van der Waals surface area contributed by atoms with Crippen molar-refractivity contribution in [3.63, 3.8) is 0 Å². The number of methoxy groups -OCH3 is 1. The fraction of sp³-hybridized carbons (Fsp3) is 0.231. The van der Waals surface area contributed by atoms with Crippen LogP contribution in [0.3, 0.4) is 0 Å². The molecule has 1 aromatic heterocycles. The second kappa shape index (κ2) is 4.91. The van der Waals surface area contributed by atoms with Gasteiger partial charge in [-0.05, 0) is 12.1 Å². The standard InChI is InChI=1S/C13H15N3O2/c1-16(8-12(17)18-2)13-10-4-3-5-11(14)9(10)6-7-15-13/h3-7H,8,14H2,1-2H3. The van der Waals surface area contributed by atoms with Gasteiger partial charge < -0.3 is 15.4 Å². The quantitative estimate of drug-likeness (QED) is 0.654. The summed E-state index contributed by atoms with van der Waals surface area (Å²) in [6.45, 7) is 0.150. The second-order valence-corrected chi connectivity index (χ2v) is 4.01. The number of hydrogen-bond acceptors (Lipinski definition) is 5. The van der Waals surface area contributed by atoms with Crippen LogP contribution in [0.25, 0.3) is 10.8 Å². The van der Waals surface area contributed by atoms with Gasteiger partial charge in [0.05, 0.1) is 7.11 Å². The molecule has 0 aliphatic carbocycles. The molecule has 0 atom stereocenters. The highest BCUT2D eigenvalue weighted by atomic mass is 16.5. The first kappa shape index (κ1) is 12.2. The summed E-state index contributed by atoms with van der Waals surface area (Å²) in [7, 11) is 3.16. The van der Waals surface area contributed by atoms with Crippen LogP contribution in [0.15, 0.2) is 30.5 Å². The van der Waals surface area contributed by atoms with Gasteiger partial charge in [-0.25, -0.2) is 4.98 Å². The maximum absolute atomic E-state index is 11.3. The molecule has 0 aliphatic heterocycles. The van der Waals surface area contributed by atoms with Crippen molar-refractivity contribution >= 4 is 28.2 Å². The predicted molar refractivity (Wildman–Crippen MR) is 71.4 cm³/mol. The number of likely N-dealkylation sites (N-methyl/N-ethyl adjacent to an activating group) is 1. The first-order chi connectivity index (χ1) is 8.63. The van der Waals surface area contributed by atoms with Crippen LogP contribution in [-0.2, 0) is 9.53 Å². The molecule has 0 aliphatic rings. The van der Waals surface area contributed by atoms with Crippen LogP contribution in [0.4, 0.5) is 11.5 Å². The number of rotatable bonds is 3. The van der Waals surface area contributed by atoms with E-state index in [1.165, 1.54) is 7.11 Å². The zero-order valence-electron chi connectivity index (χ0n) is 10.4. The molecule has 18 heavy (non-hydrogen) atoms. The van der Waals surface area contributed by atoms with E-state index in [4.69, 9.17) is 5.73 Å². The van der Waals surface area contributed by atoms with Gasteiger partial charge in [0.25, 0.3) is 0 Å². The molecule has 5 heteroatoms. The molecule has 0 radical (unpaired) electrons. The largest absolute Gasteiger partial charge is 0.468 e. The van der Waals surface area contributed by atoms with Crippen LogP contribution in [-0.4, -0.2) is 31.7 Å². The van der Waals surface area contributed by atoms with E-state index in [1.54, 1.807) is 18.1 Å². The summed E-state index contributed by atoms with van der Waals surface area (Å²) >= 11 is 0. The van der Waals surface area contributed by atoms with Gasteiger partial charge in [-0.2, -0.15) is 0 Å². The smallest absolute Gasteiger partial charge is 0.325 e. The lowest BCUT2D eigenvalue weighted by Gasteiger charge is -2.18. The van der Waals surface area contributed by atoms with Gasteiger partial charge in [-0.15, -0.1) is 0 Å². The molecule has 0 saturated heterocycles. The molecule has 0 saturated carbocycles. The number of fused-ring (bicyclic) bond motifs is 1. The minimum atomic E-state index is -0.305. The summed E-state index contributed by atoms with van der Waals surface area (Å²) < 4.78 is 4.65. The summed E-state index contributed by atoms with van der Waals surface area (Å²) in [6.07, 6.45) is 1.68. The SMILES string of the molecule is COC(=O)CN(C)c1nccc2c(N)cccc12. The minimum Gasteiger partial charge on any atom is -0.468 e. The van der Waals surface area contributed by atoms with Gasteiger partial charge in [0, 0.05) is 29.7 Å². The van der Waals surface area contributed by atoms with E-state index < -0.39 is 0 Å². The number of nitrogen functional groups attached to an aromatic ring is 1. The van der Waals surface area contributed by atoms with Gasteiger partial charge in [-0.1, -0.05) is 12.1 Å². The lowest BCUT2D eigenvalue weighted by molar-refractivity contribution is -0.138. The van der Waals surface area contributed by atoms with Crippen LogP contribution in [0.2, 0.25) is 0 Å². The predicted octanol–water partition coefficient (Wildman–Crippen LogP) is 1.43. The van der Waals surface area contributed by atoms with E-state index >= 15 is 0 Å².